The van der Waals surface area contributed by atoms with Crippen LogP contribution in [-0.4, -0.2) is 53.2 Å². The van der Waals surface area contributed by atoms with Crippen LogP contribution in [0.2, 0.25) is 0 Å². The van der Waals surface area contributed by atoms with Crippen LogP contribution in [0.4, 0.5) is 4.79 Å². The molecule has 2 rings (SSSR count). The van der Waals surface area contributed by atoms with Crippen molar-refractivity contribution in [1.82, 2.24) is 10.2 Å². The fraction of sp³-hybridized carbons (Fsp3) is 0.615. The highest BCUT2D eigenvalue weighted by Gasteiger charge is 2.43. The van der Waals surface area contributed by atoms with Gasteiger partial charge in [0.15, 0.2) is 0 Å². The summed E-state index contributed by atoms with van der Waals surface area (Å²) < 4.78 is 4.50. The van der Waals surface area contributed by atoms with Gasteiger partial charge in [0.1, 0.15) is 12.1 Å². The van der Waals surface area contributed by atoms with Crippen LogP contribution >= 0.6 is 0 Å². The van der Waals surface area contributed by atoms with Crippen molar-refractivity contribution < 1.29 is 24.2 Å². The van der Waals surface area contributed by atoms with Crippen LogP contribution in [0.5, 0.6) is 0 Å². The summed E-state index contributed by atoms with van der Waals surface area (Å²) in [6.45, 7) is 0. The fourth-order valence-corrected chi connectivity index (χ4v) is 2.78. The molecule has 0 aromatic heterocycles. The summed E-state index contributed by atoms with van der Waals surface area (Å²) in [6.07, 6.45) is 5.18. The standard InChI is InChI=1S/C13H18N2O5/c1-20-13(19)14-9-5-3-2-4-8-6-7-10(12(17)18)15(8)11(9)16/h2-3,8-10H,4-7H2,1H3,(H,14,19)(H,17,18)/b3-2-/t8-,9-,10-/m0/s1. The number of fused-ring (bicyclic) bond motifs is 1. The Balaban J connectivity index is 2.22. The lowest BCUT2D eigenvalue weighted by molar-refractivity contribution is -0.150. The van der Waals surface area contributed by atoms with E-state index in [0.717, 1.165) is 0 Å². The first kappa shape index (κ1) is 14.4. The highest BCUT2D eigenvalue weighted by Crippen LogP contribution is 2.29. The summed E-state index contributed by atoms with van der Waals surface area (Å²) in [5, 5.41) is 11.7. The largest absolute Gasteiger partial charge is 0.480 e. The molecule has 0 saturated carbocycles. The average Bonchev–Trinajstić information content (AvgIpc) is 2.83. The minimum atomic E-state index is -0.998. The van der Waals surface area contributed by atoms with E-state index in [4.69, 9.17) is 0 Å². The Bertz CT molecular complexity index is 448. The Morgan fingerprint density at radius 2 is 2.05 bits per heavy atom. The van der Waals surface area contributed by atoms with Gasteiger partial charge in [-0.25, -0.2) is 9.59 Å². The van der Waals surface area contributed by atoms with E-state index in [2.05, 4.69) is 10.1 Å². The predicted octanol–water partition coefficient (Wildman–Crippen LogP) is 0.505. The lowest BCUT2D eigenvalue weighted by atomic mass is 10.0. The number of carbonyl (C=O) groups is 3. The van der Waals surface area contributed by atoms with E-state index in [1.165, 1.54) is 12.0 Å². The molecule has 2 amide bonds. The molecule has 0 aliphatic carbocycles. The zero-order valence-electron chi connectivity index (χ0n) is 11.2. The Labute approximate surface area is 116 Å². The van der Waals surface area contributed by atoms with Gasteiger partial charge in [-0.15, -0.1) is 0 Å². The molecule has 0 aromatic carbocycles. The number of amides is 2. The number of carbonyl (C=O) groups excluding carboxylic acids is 2. The van der Waals surface area contributed by atoms with Gasteiger partial charge in [-0.1, -0.05) is 12.2 Å². The lowest BCUT2D eigenvalue weighted by Crippen LogP contribution is -2.54. The summed E-state index contributed by atoms with van der Waals surface area (Å²) in [6, 6.07) is -1.69. The maximum atomic E-state index is 12.5. The molecule has 0 spiro atoms. The Hall–Kier alpha value is -2.05. The van der Waals surface area contributed by atoms with Crippen molar-refractivity contribution in [2.45, 2.75) is 43.8 Å². The Morgan fingerprint density at radius 3 is 2.70 bits per heavy atom. The van der Waals surface area contributed by atoms with E-state index in [1.807, 2.05) is 12.2 Å². The van der Waals surface area contributed by atoms with Gasteiger partial charge in [0, 0.05) is 6.04 Å². The van der Waals surface area contributed by atoms with Crippen LogP contribution in [0.15, 0.2) is 12.2 Å². The number of nitrogens with one attached hydrogen (secondary N) is 1. The van der Waals surface area contributed by atoms with E-state index < -0.39 is 24.1 Å². The average molecular weight is 282 g/mol. The van der Waals surface area contributed by atoms with Crippen molar-refractivity contribution in [1.29, 1.82) is 0 Å². The number of methoxy groups -OCH3 is 1. The second-order valence-corrected chi connectivity index (χ2v) is 4.96. The highest BCUT2D eigenvalue weighted by molar-refractivity contribution is 5.90. The maximum absolute atomic E-state index is 12.5. The molecular formula is C13H18N2O5. The smallest absolute Gasteiger partial charge is 0.407 e. The van der Waals surface area contributed by atoms with Gasteiger partial charge in [-0.2, -0.15) is 0 Å². The number of carboxylic acids is 1. The van der Waals surface area contributed by atoms with Gasteiger partial charge in [-0.3, -0.25) is 4.79 Å². The summed E-state index contributed by atoms with van der Waals surface area (Å²) in [5.41, 5.74) is 0. The monoisotopic (exact) mass is 282 g/mol. The van der Waals surface area contributed by atoms with Gasteiger partial charge in [-0.05, 0) is 25.7 Å². The first-order chi connectivity index (χ1) is 9.54. The van der Waals surface area contributed by atoms with Crippen molar-refractivity contribution in [3.05, 3.63) is 12.2 Å². The number of nitrogens with zero attached hydrogens (tertiary/aromatic N) is 1. The third-order valence-corrected chi connectivity index (χ3v) is 3.76. The lowest BCUT2D eigenvalue weighted by Gasteiger charge is -2.32. The molecule has 2 aliphatic heterocycles. The molecule has 0 aromatic rings. The van der Waals surface area contributed by atoms with Crippen LogP contribution in [-0.2, 0) is 14.3 Å². The second kappa shape index (κ2) is 5.94. The SMILES string of the molecule is COC(=O)N[C@H]1C/C=C\C[C@H]2CC[C@@H](C(=O)O)N2C1=O. The minimum absolute atomic E-state index is 0.109. The molecule has 2 N–H and O–H groups in total. The van der Waals surface area contributed by atoms with Crippen molar-refractivity contribution in [2.75, 3.05) is 7.11 Å². The van der Waals surface area contributed by atoms with Crippen LogP contribution in [0.1, 0.15) is 25.7 Å². The quantitative estimate of drug-likeness (QED) is 0.719. The topological polar surface area (TPSA) is 95.9 Å². The van der Waals surface area contributed by atoms with Crippen molar-refractivity contribution in [3.63, 3.8) is 0 Å². The third-order valence-electron chi connectivity index (χ3n) is 3.76. The van der Waals surface area contributed by atoms with E-state index in [9.17, 15) is 19.5 Å². The summed E-state index contributed by atoms with van der Waals surface area (Å²) in [7, 11) is 1.22. The molecule has 0 bridgehead atoms. The van der Waals surface area contributed by atoms with Crippen LogP contribution in [0.25, 0.3) is 0 Å². The normalized spacial score (nSPS) is 30.9. The number of carboxylic acid groups (broad SMARTS) is 1. The molecule has 110 valence electrons. The molecule has 1 saturated heterocycles. The molecule has 7 heteroatoms. The van der Waals surface area contributed by atoms with Crippen molar-refractivity contribution >= 4 is 18.0 Å². The molecule has 0 unspecified atom stereocenters. The van der Waals surface area contributed by atoms with Crippen LogP contribution < -0.4 is 5.32 Å². The summed E-state index contributed by atoms with van der Waals surface area (Å²) in [4.78, 5) is 36.5. The molecule has 3 atom stereocenters. The van der Waals surface area contributed by atoms with Crippen LogP contribution in [0.3, 0.4) is 0 Å². The molecule has 7 nitrogen and oxygen atoms in total. The molecular weight excluding hydrogens is 264 g/mol. The zero-order valence-corrected chi connectivity index (χ0v) is 11.2. The summed E-state index contributed by atoms with van der Waals surface area (Å²) >= 11 is 0. The Morgan fingerprint density at radius 1 is 1.35 bits per heavy atom. The Kier molecular flexibility index (Phi) is 4.26. The van der Waals surface area contributed by atoms with Gasteiger partial charge in [0.2, 0.25) is 5.91 Å². The molecule has 1 fully saturated rings. The highest BCUT2D eigenvalue weighted by atomic mass is 16.5. The first-order valence-electron chi connectivity index (χ1n) is 6.59. The minimum Gasteiger partial charge on any atom is -0.480 e. The predicted molar refractivity (Wildman–Crippen MR) is 69.0 cm³/mol. The third kappa shape index (κ3) is 2.76. The van der Waals surface area contributed by atoms with E-state index >= 15 is 0 Å². The molecule has 0 radical (unpaired) electrons. The number of ether oxygens (including phenoxy) is 1. The van der Waals surface area contributed by atoms with Gasteiger partial charge in [0.25, 0.3) is 0 Å². The number of rotatable bonds is 2. The fourth-order valence-electron chi connectivity index (χ4n) is 2.78. The van der Waals surface area contributed by atoms with E-state index in [0.29, 0.717) is 25.7 Å². The van der Waals surface area contributed by atoms with Gasteiger partial charge in [0.05, 0.1) is 7.11 Å². The number of hydrogen-bond acceptors (Lipinski definition) is 4. The number of hydrogen-bond donors (Lipinski definition) is 2. The maximum Gasteiger partial charge on any atom is 0.407 e. The van der Waals surface area contributed by atoms with Crippen LogP contribution in [0, 0.1) is 0 Å². The second-order valence-electron chi connectivity index (χ2n) is 4.96. The number of alkyl carbamates (subject to hydrolysis) is 1. The van der Waals surface area contributed by atoms with Gasteiger partial charge >= 0.3 is 12.1 Å². The molecule has 2 heterocycles. The first-order valence-corrected chi connectivity index (χ1v) is 6.59. The van der Waals surface area contributed by atoms with E-state index in [-0.39, 0.29) is 11.9 Å². The molecule has 20 heavy (non-hydrogen) atoms. The molecule has 2 aliphatic rings. The summed E-state index contributed by atoms with van der Waals surface area (Å²) in [5.74, 6) is -1.35. The zero-order chi connectivity index (χ0) is 14.7. The van der Waals surface area contributed by atoms with E-state index in [1.54, 1.807) is 0 Å². The number of aliphatic carboxylic acids is 1. The van der Waals surface area contributed by atoms with Crippen molar-refractivity contribution in [2.24, 2.45) is 0 Å². The van der Waals surface area contributed by atoms with Gasteiger partial charge < -0.3 is 20.1 Å². The van der Waals surface area contributed by atoms with Crippen molar-refractivity contribution in [3.8, 4) is 0 Å².